The summed E-state index contributed by atoms with van der Waals surface area (Å²) in [4.78, 5) is 59.3. The standard InChI is InChI=1S/C21H23F2N4O6P/c1-25-20(31)16-18(29)17(28)14(19(30)24-9-11-3-4-12(22)7-15(11)23)10-27(16)26(2)21(25)6-5-13(8-21)34(32)33/h3-4,7,10,13,29,32-33H,5-6,8-9H2,1-2H3,(H,24,30)/t13-,21?/m1/s1. The van der Waals surface area contributed by atoms with Gasteiger partial charge >= 0.3 is 0 Å². The van der Waals surface area contributed by atoms with Crippen LogP contribution in [0.2, 0.25) is 0 Å². The number of aromatic nitrogens is 1. The predicted molar refractivity (Wildman–Crippen MR) is 118 cm³/mol. The zero-order valence-corrected chi connectivity index (χ0v) is 19.2. The van der Waals surface area contributed by atoms with Gasteiger partial charge in [-0.3, -0.25) is 24.1 Å². The minimum atomic E-state index is -2.22. The van der Waals surface area contributed by atoms with Crippen LogP contribution < -0.4 is 15.8 Å². The molecule has 1 unspecified atom stereocenters. The molecule has 1 aromatic heterocycles. The van der Waals surface area contributed by atoms with E-state index in [9.17, 15) is 38.1 Å². The first-order chi connectivity index (χ1) is 16.0. The van der Waals surface area contributed by atoms with Crippen LogP contribution in [0.15, 0.2) is 29.2 Å². The highest BCUT2D eigenvalue weighted by atomic mass is 31.2. The fraction of sp³-hybridized carbons (Fsp3) is 0.381. The Balaban J connectivity index is 1.69. The molecule has 4 N–H and O–H groups in total. The van der Waals surface area contributed by atoms with Crippen molar-refractivity contribution in [3.05, 3.63) is 63.1 Å². The number of benzene rings is 1. The summed E-state index contributed by atoms with van der Waals surface area (Å²) in [6, 6.07) is 2.85. The fourth-order valence-corrected chi connectivity index (χ4v) is 5.48. The molecule has 1 aromatic carbocycles. The number of amides is 2. The van der Waals surface area contributed by atoms with E-state index < -0.39 is 59.9 Å². The van der Waals surface area contributed by atoms with E-state index in [0.29, 0.717) is 18.9 Å². The first kappa shape index (κ1) is 24.1. The molecule has 0 bridgehead atoms. The molecule has 2 heterocycles. The van der Waals surface area contributed by atoms with Crippen molar-refractivity contribution >= 4 is 20.2 Å². The summed E-state index contributed by atoms with van der Waals surface area (Å²) in [5.74, 6) is -4.15. The van der Waals surface area contributed by atoms with Crippen molar-refractivity contribution < 1.29 is 33.3 Å². The first-order valence-electron chi connectivity index (χ1n) is 10.4. The Morgan fingerprint density at radius 3 is 2.59 bits per heavy atom. The van der Waals surface area contributed by atoms with Gasteiger partial charge in [-0.25, -0.2) is 8.78 Å². The molecule has 2 amide bonds. The third kappa shape index (κ3) is 3.71. The molecule has 4 rings (SSSR count). The molecule has 2 atom stereocenters. The maximum absolute atomic E-state index is 13.9. The van der Waals surface area contributed by atoms with Gasteiger partial charge in [0.1, 0.15) is 22.9 Å². The zero-order valence-electron chi connectivity index (χ0n) is 18.3. The molecule has 0 radical (unpaired) electrons. The highest BCUT2D eigenvalue weighted by Crippen LogP contribution is 2.50. The molecule has 0 saturated heterocycles. The summed E-state index contributed by atoms with van der Waals surface area (Å²) in [5.41, 5.74) is -3.30. The van der Waals surface area contributed by atoms with Gasteiger partial charge < -0.3 is 25.1 Å². The van der Waals surface area contributed by atoms with Crippen LogP contribution >= 0.6 is 8.38 Å². The van der Waals surface area contributed by atoms with Crippen LogP contribution in [0.3, 0.4) is 0 Å². The van der Waals surface area contributed by atoms with Crippen LogP contribution in [0.5, 0.6) is 5.75 Å². The molecule has 1 aliphatic heterocycles. The second-order valence-electron chi connectivity index (χ2n) is 8.42. The summed E-state index contributed by atoms with van der Waals surface area (Å²) in [6.45, 7) is -0.341. The fourth-order valence-electron chi connectivity index (χ4n) is 4.66. The van der Waals surface area contributed by atoms with Gasteiger partial charge in [0.2, 0.25) is 5.43 Å². The number of hydrogen-bond acceptors (Lipinski definition) is 7. The Kier molecular flexibility index (Phi) is 6.09. The maximum Gasteiger partial charge on any atom is 0.278 e. The van der Waals surface area contributed by atoms with E-state index in [0.717, 1.165) is 18.3 Å². The van der Waals surface area contributed by atoms with E-state index in [1.807, 2.05) is 0 Å². The SMILES string of the molecule is CN1C(=O)c2c(O)c(=O)c(C(=O)NCc3ccc(F)cc3F)cn2N(C)C12CC[C@@H](P(O)O)C2. The summed E-state index contributed by atoms with van der Waals surface area (Å²) in [6.07, 6.45) is 2.20. The summed E-state index contributed by atoms with van der Waals surface area (Å²) in [7, 11) is 0.883. The predicted octanol–water partition coefficient (Wildman–Crippen LogP) is 0.961. The molecule has 13 heteroatoms. The van der Waals surface area contributed by atoms with E-state index >= 15 is 0 Å². The lowest BCUT2D eigenvalue weighted by Gasteiger charge is -2.51. The van der Waals surface area contributed by atoms with Gasteiger partial charge in [-0.05, 0) is 18.9 Å². The van der Waals surface area contributed by atoms with Gasteiger partial charge in [0.25, 0.3) is 11.8 Å². The van der Waals surface area contributed by atoms with E-state index in [1.54, 1.807) is 12.1 Å². The Morgan fingerprint density at radius 2 is 1.97 bits per heavy atom. The molecule has 1 fully saturated rings. The van der Waals surface area contributed by atoms with Crippen molar-refractivity contribution in [1.82, 2.24) is 14.9 Å². The summed E-state index contributed by atoms with van der Waals surface area (Å²) in [5, 5.41) is 14.5. The normalized spacial score (nSPS) is 22.0. The first-order valence-corrected chi connectivity index (χ1v) is 11.7. The van der Waals surface area contributed by atoms with Crippen LogP contribution in [0.25, 0.3) is 0 Å². The molecular formula is C21H23F2N4O6P. The molecule has 182 valence electrons. The number of rotatable bonds is 4. The molecule has 1 saturated carbocycles. The number of carbonyl (C=O) groups is 2. The van der Waals surface area contributed by atoms with Gasteiger partial charge in [0.15, 0.2) is 19.8 Å². The highest BCUT2D eigenvalue weighted by molar-refractivity contribution is 7.45. The number of pyridine rings is 1. The zero-order chi connectivity index (χ0) is 24.9. The number of carbonyl (C=O) groups excluding carboxylic acids is 2. The van der Waals surface area contributed by atoms with Gasteiger partial charge in [-0.1, -0.05) is 6.07 Å². The van der Waals surface area contributed by atoms with Crippen LogP contribution in [0.4, 0.5) is 8.78 Å². The minimum Gasteiger partial charge on any atom is -0.502 e. The van der Waals surface area contributed by atoms with Crippen molar-refractivity contribution in [2.75, 3.05) is 19.1 Å². The van der Waals surface area contributed by atoms with E-state index in [4.69, 9.17) is 0 Å². The summed E-state index contributed by atoms with van der Waals surface area (Å²) < 4.78 is 28.2. The molecular weight excluding hydrogens is 473 g/mol. The van der Waals surface area contributed by atoms with Gasteiger partial charge in [0.05, 0.1) is 0 Å². The largest absolute Gasteiger partial charge is 0.502 e. The van der Waals surface area contributed by atoms with Crippen molar-refractivity contribution in [3.63, 3.8) is 0 Å². The number of halogens is 2. The Bertz CT molecular complexity index is 1240. The second kappa shape index (κ2) is 8.61. The lowest BCUT2D eigenvalue weighted by Crippen LogP contribution is -2.67. The highest BCUT2D eigenvalue weighted by Gasteiger charge is 2.53. The molecule has 34 heavy (non-hydrogen) atoms. The Labute approximate surface area is 193 Å². The molecule has 1 spiro atoms. The third-order valence-corrected chi connectivity index (χ3v) is 7.78. The van der Waals surface area contributed by atoms with E-state index in [1.165, 1.54) is 16.6 Å². The van der Waals surface area contributed by atoms with Crippen LogP contribution in [-0.4, -0.2) is 61.7 Å². The molecule has 10 nitrogen and oxygen atoms in total. The van der Waals surface area contributed by atoms with Crippen molar-refractivity contribution in [1.29, 1.82) is 0 Å². The van der Waals surface area contributed by atoms with Gasteiger partial charge in [0, 0.05) is 50.5 Å². The molecule has 2 aromatic rings. The van der Waals surface area contributed by atoms with Gasteiger partial charge in [-0.2, -0.15) is 0 Å². The third-order valence-electron chi connectivity index (χ3n) is 6.69. The number of nitrogens with zero attached hydrogens (tertiary/aromatic N) is 3. The second-order valence-corrected chi connectivity index (χ2v) is 9.79. The molecule has 2 aliphatic rings. The van der Waals surface area contributed by atoms with Crippen LogP contribution in [0.1, 0.15) is 45.7 Å². The Morgan fingerprint density at radius 1 is 1.26 bits per heavy atom. The van der Waals surface area contributed by atoms with Crippen molar-refractivity contribution in [2.24, 2.45) is 0 Å². The Hall–Kier alpha value is -3.08. The number of hydrogen-bond donors (Lipinski definition) is 4. The quantitative estimate of drug-likeness (QED) is 0.463. The van der Waals surface area contributed by atoms with Gasteiger partial charge in [-0.15, -0.1) is 0 Å². The molecule has 1 aliphatic carbocycles. The number of nitrogens with one attached hydrogen (secondary N) is 1. The van der Waals surface area contributed by atoms with E-state index in [-0.39, 0.29) is 24.2 Å². The maximum atomic E-state index is 13.9. The topological polar surface area (TPSA) is 135 Å². The smallest absolute Gasteiger partial charge is 0.278 e. The number of aromatic hydroxyl groups is 1. The lowest BCUT2D eigenvalue weighted by molar-refractivity contribution is 0.0403. The average molecular weight is 496 g/mol. The average Bonchev–Trinajstić information content (AvgIpc) is 3.24. The minimum absolute atomic E-state index is 0.00795. The van der Waals surface area contributed by atoms with E-state index in [2.05, 4.69) is 5.32 Å². The van der Waals surface area contributed by atoms with Crippen molar-refractivity contribution in [3.8, 4) is 5.75 Å². The summed E-state index contributed by atoms with van der Waals surface area (Å²) >= 11 is 0. The van der Waals surface area contributed by atoms with Crippen LogP contribution in [0, 0.1) is 11.6 Å². The lowest BCUT2D eigenvalue weighted by atomic mass is 10.0. The van der Waals surface area contributed by atoms with Crippen molar-refractivity contribution in [2.45, 2.75) is 37.1 Å². The van der Waals surface area contributed by atoms with Crippen LogP contribution in [-0.2, 0) is 6.54 Å². The monoisotopic (exact) mass is 496 g/mol. The number of fused-ring (bicyclic) bond motifs is 1.